The van der Waals surface area contributed by atoms with Crippen LogP contribution in [0.5, 0.6) is 0 Å². The summed E-state index contributed by atoms with van der Waals surface area (Å²) < 4.78 is 2.08. The maximum Gasteiger partial charge on any atom is 0.255 e. The van der Waals surface area contributed by atoms with E-state index in [0.29, 0.717) is 12.6 Å². The van der Waals surface area contributed by atoms with E-state index in [0.717, 1.165) is 31.4 Å². The number of rotatable bonds is 7. The van der Waals surface area contributed by atoms with E-state index in [2.05, 4.69) is 36.7 Å². The first-order valence-electron chi connectivity index (χ1n) is 8.61. The molecular formula is C18H30N2O. The fraction of sp³-hybridized carbons (Fsp3) is 0.722. The SMILES string of the molecule is CCCCCn1c2c(cc(CNC(C)C)c1=O)CCCC2. The van der Waals surface area contributed by atoms with Gasteiger partial charge in [-0.3, -0.25) is 4.79 Å². The van der Waals surface area contributed by atoms with Gasteiger partial charge in [-0.15, -0.1) is 0 Å². The van der Waals surface area contributed by atoms with Crippen LogP contribution in [0.25, 0.3) is 0 Å². The normalized spacial score (nSPS) is 14.5. The van der Waals surface area contributed by atoms with Crippen LogP contribution in [-0.4, -0.2) is 10.6 Å². The molecule has 118 valence electrons. The van der Waals surface area contributed by atoms with Crippen LogP contribution < -0.4 is 10.9 Å². The van der Waals surface area contributed by atoms with Crippen molar-refractivity contribution in [3.63, 3.8) is 0 Å². The number of aromatic nitrogens is 1. The molecule has 0 spiro atoms. The van der Waals surface area contributed by atoms with Gasteiger partial charge in [-0.1, -0.05) is 33.6 Å². The van der Waals surface area contributed by atoms with Crippen molar-refractivity contribution in [2.75, 3.05) is 0 Å². The smallest absolute Gasteiger partial charge is 0.255 e. The number of aryl methyl sites for hydroxylation is 1. The summed E-state index contributed by atoms with van der Waals surface area (Å²) in [5.41, 5.74) is 3.91. The van der Waals surface area contributed by atoms with E-state index in [1.54, 1.807) is 0 Å². The van der Waals surface area contributed by atoms with Crippen LogP contribution in [0.4, 0.5) is 0 Å². The molecule has 1 aliphatic rings. The zero-order valence-corrected chi connectivity index (χ0v) is 13.9. The first-order chi connectivity index (χ1) is 10.1. The molecule has 0 aromatic carbocycles. The van der Waals surface area contributed by atoms with E-state index in [9.17, 15) is 4.79 Å². The summed E-state index contributed by atoms with van der Waals surface area (Å²) in [7, 11) is 0. The zero-order chi connectivity index (χ0) is 15.2. The summed E-state index contributed by atoms with van der Waals surface area (Å²) in [4.78, 5) is 12.8. The highest BCUT2D eigenvalue weighted by Crippen LogP contribution is 2.21. The van der Waals surface area contributed by atoms with Crippen molar-refractivity contribution < 1.29 is 0 Å². The number of fused-ring (bicyclic) bond motifs is 1. The predicted molar refractivity (Wildman–Crippen MR) is 88.8 cm³/mol. The van der Waals surface area contributed by atoms with Crippen molar-refractivity contribution in [3.8, 4) is 0 Å². The van der Waals surface area contributed by atoms with E-state index < -0.39 is 0 Å². The standard InChI is InChI=1S/C18H30N2O/c1-4-5-8-11-20-17-10-7-6-9-15(17)12-16(18(20)21)13-19-14(2)3/h12,14,19H,4-11,13H2,1-3H3. The minimum absolute atomic E-state index is 0.236. The Labute approximate surface area is 128 Å². The monoisotopic (exact) mass is 290 g/mol. The van der Waals surface area contributed by atoms with Crippen LogP contribution in [-0.2, 0) is 25.9 Å². The zero-order valence-electron chi connectivity index (χ0n) is 13.9. The molecule has 0 amide bonds. The first kappa shape index (κ1) is 16.3. The second-order valence-electron chi connectivity index (χ2n) is 6.55. The minimum Gasteiger partial charge on any atom is -0.312 e. The molecule has 0 aliphatic heterocycles. The molecule has 1 heterocycles. The molecule has 1 aliphatic carbocycles. The van der Waals surface area contributed by atoms with Crippen LogP contribution in [0, 0.1) is 0 Å². The Balaban J connectivity index is 2.30. The highest BCUT2D eigenvalue weighted by atomic mass is 16.1. The van der Waals surface area contributed by atoms with Gasteiger partial charge in [0.1, 0.15) is 0 Å². The average Bonchev–Trinajstić information content (AvgIpc) is 2.47. The highest BCUT2D eigenvalue weighted by molar-refractivity contribution is 5.29. The third-order valence-electron chi connectivity index (χ3n) is 4.36. The summed E-state index contributed by atoms with van der Waals surface area (Å²) in [5, 5.41) is 3.39. The lowest BCUT2D eigenvalue weighted by atomic mass is 9.94. The Morgan fingerprint density at radius 1 is 1.24 bits per heavy atom. The topological polar surface area (TPSA) is 34.0 Å². The fourth-order valence-corrected chi connectivity index (χ4v) is 3.14. The fourth-order valence-electron chi connectivity index (χ4n) is 3.14. The van der Waals surface area contributed by atoms with Gasteiger partial charge in [-0.2, -0.15) is 0 Å². The molecular weight excluding hydrogens is 260 g/mol. The molecule has 0 unspecified atom stereocenters. The number of hydrogen-bond acceptors (Lipinski definition) is 2. The van der Waals surface area contributed by atoms with Crippen molar-refractivity contribution in [1.29, 1.82) is 0 Å². The van der Waals surface area contributed by atoms with Gasteiger partial charge < -0.3 is 9.88 Å². The number of nitrogens with zero attached hydrogens (tertiary/aromatic N) is 1. The summed E-state index contributed by atoms with van der Waals surface area (Å²) in [6.45, 7) is 8.04. The third kappa shape index (κ3) is 4.19. The van der Waals surface area contributed by atoms with Gasteiger partial charge in [-0.25, -0.2) is 0 Å². The molecule has 1 aromatic rings. The van der Waals surface area contributed by atoms with Gasteiger partial charge in [0.05, 0.1) is 0 Å². The van der Waals surface area contributed by atoms with Gasteiger partial charge in [-0.05, 0) is 43.7 Å². The van der Waals surface area contributed by atoms with E-state index in [4.69, 9.17) is 0 Å². The van der Waals surface area contributed by atoms with Gasteiger partial charge in [0.15, 0.2) is 0 Å². The van der Waals surface area contributed by atoms with Crippen molar-refractivity contribution in [2.45, 2.75) is 84.8 Å². The Morgan fingerprint density at radius 3 is 2.71 bits per heavy atom. The molecule has 0 bridgehead atoms. The molecule has 3 nitrogen and oxygen atoms in total. The number of hydrogen-bond donors (Lipinski definition) is 1. The Morgan fingerprint density at radius 2 is 2.00 bits per heavy atom. The summed E-state index contributed by atoms with van der Waals surface area (Å²) >= 11 is 0. The summed E-state index contributed by atoms with van der Waals surface area (Å²) in [6, 6.07) is 2.58. The largest absolute Gasteiger partial charge is 0.312 e. The van der Waals surface area contributed by atoms with Crippen LogP contribution in [0.1, 0.15) is 69.7 Å². The van der Waals surface area contributed by atoms with Crippen molar-refractivity contribution in [3.05, 3.63) is 33.2 Å². The van der Waals surface area contributed by atoms with E-state index >= 15 is 0 Å². The second kappa shape index (κ2) is 7.79. The van der Waals surface area contributed by atoms with E-state index in [-0.39, 0.29) is 5.56 Å². The lowest BCUT2D eigenvalue weighted by molar-refractivity contribution is 0.524. The van der Waals surface area contributed by atoms with Crippen LogP contribution in [0.2, 0.25) is 0 Å². The number of pyridine rings is 1. The molecule has 0 fully saturated rings. The summed E-state index contributed by atoms with van der Waals surface area (Å²) in [6.07, 6.45) is 8.22. The molecule has 2 rings (SSSR count). The lowest BCUT2D eigenvalue weighted by Gasteiger charge is -2.23. The maximum absolute atomic E-state index is 12.8. The first-order valence-corrected chi connectivity index (χ1v) is 8.61. The molecule has 21 heavy (non-hydrogen) atoms. The summed E-state index contributed by atoms with van der Waals surface area (Å²) in [5.74, 6) is 0. The quantitative estimate of drug-likeness (QED) is 0.781. The number of unbranched alkanes of at least 4 members (excludes halogenated alkanes) is 2. The second-order valence-corrected chi connectivity index (χ2v) is 6.55. The highest BCUT2D eigenvalue weighted by Gasteiger charge is 2.17. The molecule has 0 atom stereocenters. The van der Waals surface area contributed by atoms with Crippen molar-refractivity contribution in [1.82, 2.24) is 9.88 Å². The minimum atomic E-state index is 0.236. The Kier molecular flexibility index (Phi) is 6.04. The third-order valence-corrected chi connectivity index (χ3v) is 4.36. The maximum atomic E-state index is 12.8. The van der Waals surface area contributed by atoms with Gasteiger partial charge in [0.2, 0.25) is 0 Å². The molecule has 1 aromatic heterocycles. The molecule has 1 N–H and O–H groups in total. The molecule has 0 saturated carbocycles. The molecule has 3 heteroatoms. The van der Waals surface area contributed by atoms with Gasteiger partial charge >= 0.3 is 0 Å². The Bertz CT molecular complexity index is 517. The number of nitrogens with one attached hydrogen (secondary N) is 1. The average molecular weight is 290 g/mol. The molecule has 0 saturated heterocycles. The van der Waals surface area contributed by atoms with Crippen molar-refractivity contribution in [2.24, 2.45) is 0 Å². The van der Waals surface area contributed by atoms with E-state index in [1.807, 2.05) is 0 Å². The van der Waals surface area contributed by atoms with Crippen molar-refractivity contribution >= 4 is 0 Å². The van der Waals surface area contributed by atoms with E-state index in [1.165, 1.54) is 36.9 Å². The lowest BCUT2D eigenvalue weighted by Crippen LogP contribution is -2.33. The van der Waals surface area contributed by atoms with Crippen LogP contribution in [0.15, 0.2) is 10.9 Å². The molecule has 0 radical (unpaired) electrons. The van der Waals surface area contributed by atoms with Gasteiger partial charge in [0.25, 0.3) is 5.56 Å². The van der Waals surface area contributed by atoms with Gasteiger partial charge in [0, 0.05) is 30.4 Å². The van der Waals surface area contributed by atoms with Crippen LogP contribution >= 0.6 is 0 Å². The van der Waals surface area contributed by atoms with Crippen LogP contribution in [0.3, 0.4) is 0 Å². The predicted octanol–water partition coefficient (Wildman–Crippen LogP) is 3.42. The Hall–Kier alpha value is -1.09.